The molecule has 5 nitrogen and oxygen atoms in total. The normalized spacial score (nSPS) is 16.6. The smallest absolute Gasteiger partial charge is 0.254 e. The molecule has 2 rings (SSSR count). The number of benzene rings is 1. The van der Waals surface area contributed by atoms with Gasteiger partial charge in [0.05, 0.1) is 7.11 Å². The molecule has 0 atom stereocenters. The van der Waals surface area contributed by atoms with Gasteiger partial charge in [0, 0.05) is 38.3 Å². The summed E-state index contributed by atoms with van der Waals surface area (Å²) in [6.45, 7) is 7.02. The van der Waals surface area contributed by atoms with Crippen LogP contribution in [0.5, 0.6) is 5.75 Å². The molecular formula is C16H25N3O2. The zero-order valence-corrected chi connectivity index (χ0v) is 13.0. The molecule has 1 aliphatic heterocycles. The van der Waals surface area contributed by atoms with Gasteiger partial charge in [-0.1, -0.05) is 6.07 Å². The van der Waals surface area contributed by atoms with E-state index in [9.17, 15) is 4.79 Å². The van der Waals surface area contributed by atoms with Gasteiger partial charge in [-0.05, 0) is 37.6 Å². The Morgan fingerprint density at radius 1 is 1.29 bits per heavy atom. The highest BCUT2D eigenvalue weighted by Gasteiger charge is 2.20. The van der Waals surface area contributed by atoms with Gasteiger partial charge in [0.25, 0.3) is 5.91 Å². The van der Waals surface area contributed by atoms with Crippen LogP contribution in [0.1, 0.15) is 22.3 Å². The molecule has 1 aliphatic rings. The summed E-state index contributed by atoms with van der Waals surface area (Å²) in [5.41, 5.74) is 7.35. The van der Waals surface area contributed by atoms with E-state index in [1.807, 2.05) is 30.0 Å². The molecule has 0 unspecified atom stereocenters. The number of carbonyl (C=O) groups is 1. The van der Waals surface area contributed by atoms with Gasteiger partial charge < -0.3 is 20.3 Å². The first-order chi connectivity index (χ1) is 10.2. The Hall–Kier alpha value is -1.59. The topological polar surface area (TPSA) is 58.8 Å². The van der Waals surface area contributed by atoms with Crippen molar-refractivity contribution < 1.29 is 9.53 Å². The van der Waals surface area contributed by atoms with Gasteiger partial charge in [-0.3, -0.25) is 4.79 Å². The van der Waals surface area contributed by atoms with E-state index in [0.717, 1.165) is 50.5 Å². The second-order valence-electron chi connectivity index (χ2n) is 5.46. The third-order valence-electron chi connectivity index (χ3n) is 3.98. The molecule has 0 aliphatic carbocycles. The molecule has 116 valence electrons. The molecule has 2 N–H and O–H groups in total. The first kappa shape index (κ1) is 15.8. The van der Waals surface area contributed by atoms with Gasteiger partial charge in [-0.25, -0.2) is 0 Å². The van der Waals surface area contributed by atoms with Crippen molar-refractivity contribution in [2.24, 2.45) is 5.73 Å². The summed E-state index contributed by atoms with van der Waals surface area (Å²) >= 11 is 0. The van der Waals surface area contributed by atoms with E-state index < -0.39 is 0 Å². The number of ether oxygens (including phenoxy) is 1. The van der Waals surface area contributed by atoms with Crippen molar-refractivity contribution in [1.82, 2.24) is 9.80 Å². The molecule has 1 saturated heterocycles. The van der Waals surface area contributed by atoms with Crippen molar-refractivity contribution >= 4 is 5.91 Å². The summed E-state index contributed by atoms with van der Waals surface area (Å²) in [5, 5.41) is 0. The molecule has 0 spiro atoms. The van der Waals surface area contributed by atoms with E-state index >= 15 is 0 Å². The van der Waals surface area contributed by atoms with Crippen molar-refractivity contribution in [2.75, 3.05) is 46.4 Å². The maximum absolute atomic E-state index is 12.6. The van der Waals surface area contributed by atoms with Crippen molar-refractivity contribution in [1.29, 1.82) is 0 Å². The van der Waals surface area contributed by atoms with Crippen LogP contribution in [0.25, 0.3) is 0 Å². The quantitative estimate of drug-likeness (QED) is 0.903. The third-order valence-corrected chi connectivity index (χ3v) is 3.98. The molecule has 5 heteroatoms. The number of aryl methyl sites for hydroxylation is 1. The van der Waals surface area contributed by atoms with Crippen molar-refractivity contribution in [2.45, 2.75) is 13.3 Å². The molecule has 1 aromatic carbocycles. The molecule has 1 fully saturated rings. The summed E-state index contributed by atoms with van der Waals surface area (Å²) in [7, 11) is 1.63. The number of nitrogens with two attached hydrogens (primary N) is 1. The van der Waals surface area contributed by atoms with Crippen LogP contribution in [0, 0.1) is 6.92 Å². The Labute approximate surface area is 126 Å². The fraction of sp³-hybridized carbons (Fsp3) is 0.562. The Balaban J connectivity index is 2.06. The van der Waals surface area contributed by atoms with Gasteiger partial charge in [0.1, 0.15) is 5.75 Å². The fourth-order valence-corrected chi connectivity index (χ4v) is 2.72. The third kappa shape index (κ3) is 3.95. The second-order valence-corrected chi connectivity index (χ2v) is 5.46. The number of amides is 1. The standard InChI is InChI=1S/C16H25N3O2/c1-13-4-5-14(12-15(13)21-2)16(20)19-8-3-7-18(9-6-17)10-11-19/h4-5,12H,3,6-11,17H2,1-2H3. The monoisotopic (exact) mass is 291 g/mol. The largest absolute Gasteiger partial charge is 0.496 e. The lowest BCUT2D eigenvalue weighted by molar-refractivity contribution is 0.0761. The van der Waals surface area contributed by atoms with E-state index in [2.05, 4.69) is 4.90 Å². The summed E-state index contributed by atoms with van der Waals surface area (Å²) < 4.78 is 5.30. The van der Waals surface area contributed by atoms with Crippen molar-refractivity contribution in [3.63, 3.8) is 0 Å². The molecule has 0 radical (unpaired) electrons. The van der Waals surface area contributed by atoms with Crippen molar-refractivity contribution in [3.05, 3.63) is 29.3 Å². The van der Waals surface area contributed by atoms with Crippen molar-refractivity contribution in [3.8, 4) is 5.75 Å². The van der Waals surface area contributed by atoms with Crippen LogP contribution in [0.2, 0.25) is 0 Å². The predicted octanol–water partition coefficient (Wildman–Crippen LogP) is 1.11. The van der Waals surface area contributed by atoms with Crippen LogP contribution in [-0.4, -0.2) is 62.1 Å². The average Bonchev–Trinajstić information content (AvgIpc) is 2.73. The van der Waals surface area contributed by atoms with Gasteiger partial charge >= 0.3 is 0 Å². The van der Waals surface area contributed by atoms with Gasteiger partial charge in [0.2, 0.25) is 0 Å². The lowest BCUT2D eigenvalue weighted by Crippen LogP contribution is -2.36. The molecule has 1 heterocycles. The van der Waals surface area contributed by atoms with Crippen LogP contribution in [0.3, 0.4) is 0 Å². The summed E-state index contributed by atoms with van der Waals surface area (Å²) in [4.78, 5) is 16.9. The van der Waals surface area contributed by atoms with E-state index in [-0.39, 0.29) is 5.91 Å². The van der Waals surface area contributed by atoms with Crippen LogP contribution in [0.4, 0.5) is 0 Å². The molecular weight excluding hydrogens is 266 g/mol. The van der Waals surface area contributed by atoms with E-state index in [4.69, 9.17) is 10.5 Å². The lowest BCUT2D eigenvalue weighted by Gasteiger charge is -2.22. The van der Waals surface area contributed by atoms with Crippen LogP contribution in [0.15, 0.2) is 18.2 Å². The maximum atomic E-state index is 12.6. The zero-order valence-electron chi connectivity index (χ0n) is 13.0. The average molecular weight is 291 g/mol. The molecule has 0 bridgehead atoms. The zero-order chi connectivity index (χ0) is 15.2. The van der Waals surface area contributed by atoms with Crippen LogP contribution < -0.4 is 10.5 Å². The van der Waals surface area contributed by atoms with Gasteiger partial charge in [-0.15, -0.1) is 0 Å². The molecule has 1 amide bonds. The van der Waals surface area contributed by atoms with E-state index in [1.165, 1.54) is 0 Å². The van der Waals surface area contributed by atoms with E-state index in [0.29, 0.717) is 12.1 Å². The minimum absolute atomic E-state index is 0.0860. The molecule has 0 aromatic heterocycles. The first-order valence-corrected chi connectivity index (χ1v) is 7.52. The summed E-state index contributed by atoms with van der Waals surface area (Å²) in [6.07, 6.45) is 0.995. The van der Waals surface area contributed by atoms with Gasteiger partial charge in [0.15, 0.2) is 0 Å². The highest BCUT2D eigenvalue weighted by atomic mass is 16.5. The predicted molar refractivity (Wildman–Crippen MR) is 83.7 cm³/mol. The Morgan fingerprint density at radius 3 is 2.81 bits per heavy atom. The van der Waals surface area contributed by atoms with E-state index in [1.54, 1.807) is 7.11 Å². The van der Waals surface area contributed by atoms with Crippen LogP contribution in [-0.2, 0) is 0 Å². The highest BCUT2D eigenvalue weighted by Crippen LogP contribution is 2.20. The Kier molecular flexibility index (Phi) is 5.59. The molecule has 21 heavy (non-hydrogen) atoms. The Bertz CT molecular complexity index is 490. The SMILES string of the molecule is COc1cc(C(=O)N2CCCN(CCN)CC2)ccc1C. The second kappa shape index (κ2) is 7.43. The maximum Gasteiger partial charge on any atom is 0.254 e. The molecule has 0 saturated carbocycles. The van der Waals surface area contributed by atoms with Gasteiger partial charge in [-0.2, -0.15) is 0 Å². The number of carbonyl (C=O) groups excluding carboxylic acids is 1. The summed E-state index contributed by atoms with van der Waals surface area (Å²) in [6, 6.07) is 5.65. The number of rotatable bonds is 4. The summed E-state index contributed by atoms with van der Waals surface area (Å²) in [5.74, 6) is 0.850. The van der Waals surface area contributed by atoms with Crippen LogP contribution >= 0.6 is 0 Å². The lowest BCUT2D eigenvalue weighted by atomic mass is 10.1. The number of methoxy groups -OCH3 is 1. The highest BCUT2D eigenvalue weighted by molar-refractivity contribution is 5.94. The first-order valence-electron chi connectivity index (χ1n) is 7.52. The number of hydrogen-bond donors (Lipinski definition) is 1. The minimum Gasteiger partial charge on any atom is -0.496 e. The Morgan fingerprint density at radius 2 is 2.10 bits per heavy atom. The fourth-order valence-electron chi connectivity index (χ4n) is 2.72. The number of hydrogen-bond acceptors (Lipinski definition) is 4. The number of nitrogens with zero attached hydrogens (tertiary/aromatic N) is 2. The molecule has 1 aromatic rings. The minimum atomic E-state index is 0.0860.